The van der Waals surface area contributed by atoms with E-state index in [0.29, 0.717) is 12.3 Å². The third-order valence-electron chi connectivity index (χ3n) is 4.29. The van der Waals surface area contributed by atoms with Gasteiger partial charge in [0.1, 0.15) is 9.84 Å². The molecule has 1 aliphatic carbocycles. The Morgan fingerprint density at radius 3 is 2.39 bits per heavy atom. The Labute approximate surface area is 159 Å². The molecule has 1 atom stereocenters. The van der Waals surface area contributed by atoms with Crippen LogP contribution in [0.3, 0.4) is 0 Å². The fourth-order valence-corrected chi connectivity index (χ4v) is 3.53. The average molecular weight is 459 g/mol. The van der Waals surface area contributed by atoms with Crippen LogP contribution < -0.4 is 10.6 Å². The van der Waals surface area contributed by atoms with Crippen molar-refractivity contribution in [2.24, 2.45) is 16.8 Å². The van der Waals surface area contributed by atoms with Gasteiger partial charge in [0.15, 0.2) is 5.96 Å². The Morgan fingerprint density at radius 2 is 1.87 bits per heavy atom. The van der Waals surface area contributed by atoms with Gasteiger partial charge in [0, 0.05) is 25.4 Å². The number of hydrogen-bond acceptors (Lipinski definition) is 3. The van der Waals surface area contributed by atoms with Crippen molar-refractivity contribution in [3.63, 3.8) is 0 Å². The summed E-state index contributed by atoms with van der Waals surface area (Å²) in [5, 5.41) is 6.56. The highest BCUT2D eigenvalue weighted by Gasteiger charge is 2.18. The molecule has 1 saturated carbocycles. The summed E-state index contributed by atoms with van der Waals surface area (Å²) in [4.78, 5) is 4.69. The van der Waals surface area contributed by atoms with Crippen molar-refractivity contribution in [1.29, 1.82) is 0 Å². The van der Waals surface area contributed by atoms with Crippen molar-refractivity contribution in [2.75, 3.05) is 25.1 Å². The van der Waals surface area contributed by atoms with E-state index in [2.05, 4.69) is 17.6 Å². The predicted octanol–water partition coefficient (Wildman–Crippen LogP) is 2.81. The highest BCUT2D eigenvalue weighted by molar-refractivity contribution is 14.0. The summed E-state index contributed by atoms with van der Waals surface area (Å²) in [5.41, 5.74) is 0. The van der Waals surface area contributed by atoms with Gasteiger partial charge in [-0.05, 0) is 44.9 Å². The summed E-state index contributed by atoms with van der Waals surface area (Å²) >= 11 is 0. The lowest BCUT2D eigenvalue weighted by atomic mass is 9.83. The number of nitrogens with zero attached hydrogens (tertiary/aromatic N) is 1. The Hall–Kier alpha value is -0.0500. The topological polar surface area (TPSA) is 70.6 Å². The number of aliphatic imine (C=N–C) groups is 1. The highest BCUT2D eigenvalue weighted by Crippen LogP contribution is 2.28. The first kappa shape index (κ1) is 22.9. The van der Waals surface area contributed by atoms with Crippen molar-refractivity contribution in [3.05, 3.63) is 0 Å². The summed E-state index contributed by atoms with van der Waals surface area (Å²) in [6, 6.07) is 0.0962. The minimum atomic E-state index is -2.90. The lowest BCUT2D eigenvalue weighted by molar-refractivity contribution is 0.296. The molecule has 0 heterocycles. The van der Waals surface area contributed by atoms with Crippen LogP contribution in [-0.2, 0) is 9.84 Å². The van der Waals surface area contributed by atoms with E-state index in [1.165, 1.54) is 31.9 Å². The van der Waals surface area contributed by atoms with Crippen molar-refractivity contribution >= 4 is 39.8 Å². The van der Waals surface area contributed by atoms with Crippen molar-refractivity contribution in [1.82, 2.24) is 10.6 Å². The molecule has 138 valence electrons. The highest BCUT2D eigenvalue weighted by atomic mass is 127. The Kier molecular flexibility index (Phi) is 11.5. The summed E-state index contributed by atoms with van der Waals surface area (Å²) in [5.74, 6) is 2.57. The summed E-state index contributed by atoms with van der Waals surface area (Å²) in [6.45, 7) is 8.04. The SMILES string of the molecule is CCNC(=NCC1CCC(C)CC1)NC(C)CCS(C)(=O)=O.I. The molecule has 0 aliphatic heterocycles. The van der Waals surface area contributed by atoms with Gasteiger partial charge in [-0.15, -0.1) is 24.0 Å². The van der Waals surface area contributed by atoms with E-state index in [1.54, 1.807) is 0 Å². The number of hydrogen-bond donors (Lipinski definition) is 2. The fourth-order valence-electron chi connectivity index (χ4n) is 2.75. The van der Waals surface area contributed by atoms with Crippen LogP contribution in [0.1, 0.15) is 52.9 Å². The van der Waals surface area contributed by atoms with E-state index in [4.69, 9.17) is 4.99 Å². The van der Waals surface area contributed by atoms with Crippen molar-refractivity contribution in [3.8, 4) is 0 Å². The van der Waals surface area contributed by atoms with E-state index < -0.39 is 9.84 Å². The standard InChI is InChI=1S/C16H33N3O2S.HI/c1-5-17-16(19-14(3)10-11-22(4,20)21)18-12-15-8-6-13(2)7-9-15;/h13-15H,5-12H2,1-4H3,(H2,17,18,19);1H. The third-order valence-corrected chi connectivity index (χ3v) is 5.27. The molecular weight excluding hydrogens is 425 g/mol. The first-order valence-corrected chi connectivity index (χ1v) is 10.6. The Morgan fingerprint density at radius 1 is 1.26 bits per heavy atom. The predicted molar refractivity (Wildman–Crippen MR) is 109 cm³/mol. The zero-order valence-electron chi connectivity index (χ0n) is 15.0. The molecule has 0 aromatic rings. The van der Waals surface area contributed by atoms with Crippen LogP contribution >= 0.6 is 24.0 Å². The molecule has 0 saturated heterocycles. The normalized spacial score (nSPS) is 23.7. The monoisotopic (exact) mass is 459 g/mol. The van der Waals surface area contributed by atoms with Gasteiger partial charge in [-0.2, -0.15) is 0 Å². The molecular formula is C16H34IN3O2S. The molecule has 1 rings (SSSR count). The quantitative estimate of drug-likeness (QED) is 0.349. The van der Waals surface area contributed by atoms with Gasteiger partial charge in [0.25, 0.3) is 0 Å². The van der Waals surface area contributed by atoms with Gasteiger partial charge in [-0.1, -0.05) is 19.8 Å². The second-order valence-corrected chi connectivity index (χ2v) is 9.07. The Balaban J connectivity index is 0.00000484. The van der Waals surface area contributed by atoms with Crippen LogP contribution in [0.25, 0.3) is 0 Å². The minimum Gasteiger partial charge on any atom is -0.357 e. The van der Waals surface area contributed by atoms with E-state index in [9.17, 15) is 8.42 Å². The molecule has 0 aromatic heterocycles. The van der Waals surface area contributed by atoms with Gasteiger partial charge in [-0.25, -0.2) is 8.42 Å². The molecule has 0 radical (unpaired) electrons. The molecule has 5 nitrogen and oxygen atoms in total. The van der Waals surface area contributed by atoms with Crippen molar-refractivity contribution < 1.29 is 8.42 Å². The maximum atomic E-state index is 11.2. The smallest absolute Gasteiger partial charge is 0.191 e. The molecule has 7 heteroatoms. The number of sulfone groups is 1. The van der Waals surface area contributed by atoms with Crippen LogP contribution in [0, 0.1) is 11.8 Å². The van der Waals surface area contributed by atoms with Crippen LogP contribution in [0.5, 0.6) is 0 Å². The second-order valence-electron chi connectivity index (χ2n) is 6.81. The summed E-state index contributed by atoms with van der Waals surface area (Å²) in [7, 11) is -2.90. The van der Waals surface area contributed by atoms with Crippen LogP contribution in [0.15, 0.2) is 4.99 Å². The lowest BCUT2D eigenvalue weighted by Gasteiger charge is -2.25. The third kappa shape index (κ3) is 11.2. The maximum Gasteiger partial charge on any atom is 0.191 e. The lowest BCUT2D eigenvalue weighted by Crippen LogP contribution is -2.43. The van der Waals surface area contributed by atoms with Gasteiger partial charge in [0.05, 0.1) is 5.75 Å². The number of nitrogens with one attached hydrogen (secondary N) is 2. The van der Waals surface area contributed by atoms with Crippen LogP contribution in [0.2, 0.25) is 0 Å². The van der Waals surface area contributed by atoms with Crippen LogP contribution in [-0.4, -0.2) is 45.5 Å². The molecule has 0 amide bonds. The van der Waals surface area contributed by atoms with Gasteiger partial charge in [-0.3, -0.25) is 4.99 Å². The van der Waals surface area contributed by atoms with Gasteiger partial charge < -0.3 is 10.6 Å². The minimum absolute atomic E-state index is 0. The van der Waals surface area contributed by atoms with E-state index in [-0.39, 0.29) is 35.8 Å². The van der Waals surface area contributed by atoms with Crippen LogP contribution in [0.4, 0.5) is 0 Å². The molecule has 1 aliphatic rings. The summed E-state index contributed by atoms with van der Waals surface area (Å²) < 4.78 is 22.5. The Bertz CT molecular complexity index is 446. The number of guanidine groups is 1. The number of halogens is 1. The van der Waals surface area contributed by atoms with E-state index in [0.717, 1.165) is 25.0 Å². The molecule has 0 bridgehead atoms. The fraction of sp³-hybridized carbons (Fsp3) is 0.938. The first-order valence-electron chi connectivity index (χ1n) is 8.52. The van der Waals surface area contributed by atoms with Gasteiger partial charge in [0.2, 0.25) is 0 Å². The maximum absolute atomic E-state index is 11.2. The molecule has 23 heavy (non-hydrogen) atoms. The molecule has 1 unspecified atom stereocenters. The molecule has 0 aromatic carbocycles. The van der Waals surface area contributed by atoms with Crippen molar-refractivity contribution in [2.45, 2.75) is 58.9 Å². The zero-order valence-corrected chi connectivity index (χ0v) is 18.1. The van der Waals surface area contributed by atoms with E-state index in [1.807, 2.05) is 13.8 Å². The summed E-state index contributed by atoms with van der Waals surface area (Å²) in [6.07, 6.45) is 7.05. The average Bonchev–Trinajstić information content (AvgIpc) is 2.44. The van der Waals surface area contributed by atoms with E-state index >= 15 is 0 Å². The molecule has 1 fully saturated rings. The molecule has 0 spiro atoms. The number of rotatable bonds is 7. The first-order chi connectivity index (χ1) is 10.3. The molecule has 2 N–H and O–H groups in total. The van der Waals surface area contributed by atoms with Gasteiger partial charge >= 0.3 is 0 Å². The second kappa shape index (κ2) is 11.5. The largest absolute Gasteiger partial charge is 0.357 e. The zero-order chi connectivity index (χ0) is 16.6.